The summed E-state index contributed by atoms with van der Waals surface area (Å²) in [5.41, 5.74) is 3.28. The summed E-state index contributed by atoms with van der Waals surface area (Å²) in [5, 5.41) is 13.6. The SMILES string of the molecule is CCC1=NO[C@@H](CNC(=O)c2cccc(-c3cnn(CC(=O)NC)c3)c2)C1. The van der Waals surface area contributed by atoms with Crippen molar-refractivity contribution in [3.05, 3.63) is 42.2 Å². The molecule has 0 radical (unpaired) electrons. The van der Waals surface area contributed by atoms with Crippen molar-refractivity contribution in [2.24, 2.45) is 5.16 Å². The summed E-state index contributed by atoms with van der Waals surface area (Å²) >= 11 is 0. The predicted molar refractivity (Wildman–Crippen MR) is 101 cm³/mol. The zero-order valence-electron chi connectivity index (χ0n) is 15.4. The molecule has 2 heterocycles. The molecule has 0 unspecified atom stereocenters. The van der Waals surface area contributed by atoms with Crippen LogP contribution in [0.5, 0.6) is 0 Å². The second-order valence-electron chi connectivity index (χ2n) is 6.33. The van der Waals surface area contributed by atoms with Gasteiger partial charge in [0.05, 0.1) is 18.5 Å². The molecule has 0 saturated heterocycles. The van der Waals surface area contributed by atoms with Gasteiger partial charge in [-0.1, -0.05) is 24.2 Å². The molecule has 0 bridgehead atoms. The van der Waals surface area contributed by atoms with Gasteiger partial charge in [-0.05, 0) is 24.1 Å². The Morgan fingerprint density at radius 3 is 2.93 bits per heavy atom. The van der Waals surface area contributed by atoms with Crippen LogP contribution in [0.15, 0.2) is 41.8 Å². The Hall–Kier alpha value is -3.16. The minimum absolute atomic E-state index is 0.102. The number of carbonyl (C=O) groups excluding carboxylic acids is 2. The summed E-state index contributed by atoms with van der Waals surface area (Å²) < 4.78 is 1.56. The van der Waals surface area contributed by atoms with E-state index in [-0.39, 0.29) is 24.5 Å². The monoisotopic (exact) mass is 369 g/mol. The Balaban J connectivity index is 1.61. The average Bonchev–Trinajstić information content (AvgIpc) is 3.35. The normalized spacial score (nSPS) is 15.8. The summed E-state index contributed by atoms with van der Waals surface area (Å²) in [6.45, 7) is 2.60. The Morgan fingerprint density at radius 1 is 1.33 bits per heavy atom. The van der Waals surface area contributed by atoms with E-state index >= 15 is 0 Å². The Labute approximate surface area is 157 Å². The number of benzene rings is 1. The average molecular weight is 369 g/mol. The molecule has 2 N–H and O–H groups in total. The van der Waals surface area contributed by atoms with Crippen molar-refractivity contribution < 1.29 is 14.4 Å². The highest BCUT2D eigenvalue weighted by Crippen LogP contribution is 2.20. The molecule has 8 heteroatoms. The van der Waals surface area contributed by atoms with Crippen LogP contribution in [0.4, 0.5) is 0 Å². The number of amides is 2. The highest BCUT2D eigenvalue weighted by molar-refractivity contribution is 5.95. The van der Waals surface area contributed by atoms with Crippen LogP contribution >= 0.6 is 0 Å². The molecule has 142 valence electrons. The summed E-state index contributed by atoms with van der Waals surface area (Å²) in [6.07, 6.45) is 4.97. The van der Waals surface area contributed by atoms with Crippen LogP contribution in [0.2, 0.25) is 0 Å². The van der Waals surface area contributed by atoms with Crippen molar-refractivity contribution in [2.75, 3.05) is 13.6 Å². The van der Waals surface area contributed by atoms with Gasteiger partial charge in [0.15, 0.2) is 0 Å². The van der Waals surface area contributed by atoms with Gasteiger partial charge in [0.1, 0.15) is 12.6 Å². The number of rotatable bonds is 7. The Kier molecular flexibility index (Phi) is 5.85. The lowest BCUT2D eigenvalue weighted by molar-refractivity contribution is -0.121. The zero-order chi connectivity index (χ0) is 19.2. The lowest BCUT2D eigenvalue weighted by Crippen LogP contribution is -2.32. The maximum atomic E-state index is 12.4. The number of aromatic nitrogens is 2. The van der Waals surface area contributed by atoms with Gasteiger partial charge in [-0.15, -0.1) is 0 Å². The molecule has 1 aromatic carbocycles. The number of hydrogen-bond donors (Lipinski definition) is 2. The van der Waals surface area contributed by atoms with E-state index in [1.807, 2.05) is 19.1 Å². The maximum Gasteiger partial charge on any atom is 0.251 e. The van der Waals surface area contributed by atoms with E-state index in [0.29, 0.717) is 12.1 Å². The number of likely N-dealkylation sites (N-methyl/N-ethyl adjacent to an activating group) is 1. The molecule has 1 aromatic heterocycles. The lowest BCUT2D eigenvalue weighted by atomic mass is 10.1. The predicted octanol–water partition coefficient (Wildman–Crippen LogP) is 1.58. The first-order valence-electron chi connectivity index (χ1n) is 8.92. The molecular weight excluding hydrogens is 346 g/mol. The van der Waals surface area contributed by atoms with E-state index in [9.17, 15) is 9.59 Å². The van der Waals surface area contributed by atoms with E-state index in [1.165, 1.54) is 0 Å². The van der Waals surface area contributed by atoms with Gasteiger partial charge in [0.2, 0.25) is 5.91 Å². The fraction of sp³-hybridized carbons (Fsp3) is 0.368. The first kappa shape index (κ1) is 18.6. The number of hydrogen-bond acceptors (Lipinski definition) is 5. The smallest absolute Gasteiger partial charge is 0.251 e. The van der Waals surface area contributed by atoms with E-state index < -0.39 is 0 Å². The van der Waals surface area contributed by atoms with E-state index in [4.69, 9.17) is 4.84 Å². The van der Waals surface area contributed by atoms with Gasteiger partial charge in [-0.2, -0.15) is 5.10 Å². The number of carbonyl (C=O) groups is 2. The maximum absolute atomic E-state index is 12.4. The van der Waals surface area contributed by atoms with Gasteiger partial charge in [-0.25, -0.2) is 0 Å². The van der Waals surface area contributed by atoms with Crippen LogP contribution in [-0.2, 0) is 16.2 Å². The third kappa shape index (κ3) is 4.72. The van der Waals surface area contributed by atoms with Crippen LogP contribution < -0.4 is 10.6 Å². The molecule has 1 atom stereocenters. The highest BCUT2D eigenvalue weighted by atomic mass is 16.6. The van der Waals surface area contributed by atoms with Crippen LogP contribution in [-0.4, -0.2) is 47.0 Å². The molecule has 0 fully saturated rings. The van der Waals surface area contributed by atoms with E-state index in [1.54, 1.807) is 36.3 Å². The second-order valence-corrected chi connectivity index (χ2v) is 6.33. The quantitative estimate of drug-likeness (QED) is 0.774. The molecule has 27 heavy (non-hydrogen) atoms. The molecule has 1 aliphatic heterocycles. The molecule has 1 aliphatic rings. The third-order valence-electron chi connectivity index (χ3n) is 4.37. The van der Waals surface area contributed by atoms with Crippen molar-refractivity contribution in [3.63, 3.8) is 0 Å². The van der Waals surface area contributed by atoms with Crippen LogP contribution in [0.1, 0.15) is 30.1 Å². The molecule has 0 spiro atoms. The molecular formula is C19H23N5O3. The summed E-state index contributed by atoms with van der Waals surface area (Å²) in [4.78, 5) is 29.2. The minimum Gasteiger partial charge on any atom is -0.390 e. The fourth-order valence-electron chi connectivity index (χ4n) is 2.78. The summed E-state index contributed by atoms with van der Waals surface area (Å²) in [6, 6.07) is 7.29. The van der Waals surface area contributed by atoms with Crippen molar-refractivity contribution >= 4 is 17.5 Å². The minimum atomic E-state index is -0.164. The van der Waals surface area contributed by atoms with E-state index in [2.05, 4.69) is 20.9 Å². The summed E-state index contributed by atoms with van der Waals surface area (Å²) in [7, 11) is 1.58. The lowest BCUT2D eigenvalue weighted by Gasteiger charge is -2.10. The molecule has 0 saturated carbocycles. The van der Waals surface area contributed by atoms with E-state index in [0.717, 1.165) is 29.7 Å². The molecule has 8 nitrogen and oxygen atoms in total. The standard InChI is InChI=1S/C19H23N5O3/c1-3-16-8-17(27-23-16)10-21-19(26)14-6-4-5-13(7-14)15-9-22-24(11-15)12-18(25)20-2/h4-7,9,11,17H,3,8,10,12H2,1-2H3,(H,20,25)(H,21,26)/t17-/m1/s1. The van der Waals surface area contributed by atoms with Gasteiger partial charge in [0.25, 0.3) is 5.91 Å². The van der Waals surface area contributed by atoms with Crippen LogP contribution in [0, 0.1) is 0 Å². The Morgan fingerprint density at radius 2 is 2.19 bits per heavy atom. The molecule has 2 aromatic rings. The highest BCUT2D eigenvalue weighted by Gasteiger charge is 2.20. The van der Waals surface area contributed by atoms with Crippen molar-refractivity contribution in [1.82, 2.24) is 20.4 Å². The fourth-order valence-corrected chi connectivity index (χ4v) is 2.78. The van der Waals surface area contributed by atoms with Crippen molar-refractivity contribution in [2.45, 2.75) is 32.4 Å². The first-order chi connectivity index (χ1) is 13.1. The van der Waals surface area contributed by atoms with Gasteiger partial charge in [0, 0.05) is 30.8 Å². The molecule has 0 aliphatic carbocycles. The topological polar surface area (TPSA) is 97.6 Å². The first-order valence-corrected chi connectivity index (χ1v) is 8.92. The van der Waals surface area contributed by atoms with Gasteiger partial charge < -0.3 is 15.5 Å². The zero-order valence-corrected chi connectivity index (χ0v) is 15.4. The molecule has 3 rings (SSSR count). The van der Waals surface area contributed by atoms with Gasteiger partial charge >= 0.3 is 0 Å². The Bertz CT molecular complexity index is 859. The number of nitrogens with zero attached hydrogens (tertiary/aromatic N) is 3. The second kappa shape index (κ2) is 8.48. The number of oxime groups is 1. The van der Waals surface area contributed by atoms with Gasteiger partial charge in [-0.3, -0.25) is 14.3 Å². The van der Waals surface area contributed by atoms with Crippen molar-refractivity contribution in [3.8, 4) is 11.1 Å². The van der Waals surface area contributed by atoms with Crippen LogP contribution in [0.3, 0.4) is 0 Å². The largest absolute Gasteiger partial charge is 0.390 e. The van der Waals surface area contributed by atoms with Crippen molar-refractivity contribution in [1.29, 1.82) is 0 Å². The number of nitrogens with one attached hydrogen (secondary N) is 2. The third-order valence-corrected chi connectivity index (χ3v) is 4.37. The summed E-state index contributed by atoms with van der Waals surface area (Å²) in [5.74, 6) is -0.287. The molecule has 2 amide bonds. The van der Waals surface area contributed by atoms with Crippen LogP contribution in [0.25, 0.3) is 11.1 Å².